The summed E-state index contributed by atoms with van der Waals surface area (Å²) in [7, 11) is 0. The van der Waals surface area contributed by atoms with Crippen molar-refractivity contribution < 1.29 is 4.39 Å². The number of halogens is 4. The molecule has 0 aliphatic rings. The van der Waals surface area contributed by atoms with Gasteiger partial charge in [-0.15, -0.1) is 11.6 Å². The van der Waals surface area contributed by atoms with E-state index in [1.165, 1.54) is 12.1 Å². The van der Waals surface area contributed by atoms with Crippen LogP contribution >= 0.6 is 39.1 Å². The second kappa shape index (κ2) is 5.95. The van der Waals surface area contributed by atoms with E-state index in [0.29, 0.717) is 22.8 Å². The van der Waals surface area contributed by atoms with Crippen molar-refractivity contribution in [3.05, 3.63) is 57.5 Å². The minimum atomic E-state index is -0.304. The first-order valence-corrected chi connectivity index (χ1v) is 7.99. The predicted octanol–water partition coefficient (Wildman–Crippen LogP) is 5.36. The summed E-state index contributed by atoms with van der Waals surface area (Å²) in [6, 6.07) is 10.2. The van der Waals surface area contributed by atoms with Crippen LogP contribution in [0.25, 0.3) is 16.7 Å². The van der Waals surface area contributed by atoms with E-state index in [0.717, 1.165) is 21.5 Å². The van der Waals surface area contributed by atoms with Gasteiger partial charge in [0.2, 0.25) is 0 Å². The van der Waals surface area contributed by atoms with Gasteiger partial charge in [-0.3, -0.25) is 4.57 Å². The van der Waals surface area contributed by atoms with Gasteiger partial charge < -0.3 is 0 Å². The van der Waals surface area contributed by atoms with Gasteiger partial charge in [0.25, 0.3) is 0 Å². The Kier molecular flexibility index (Phi) is 4.20. The van der Waals surface area contributed by atoms with E-state index < -0.39 is 0 Å². The van der Waals surface area contributed by atoms with Crippen LogP contribution < -0.4 is 0 Å². The molecule has 0 unspecified atom stereocenters. The van der Waals surface area contributed by atoms with Gasteiger partial charge >= 0.3 is 0 Å². The van der Waals surface area contributed by atoms with Crippen molar-refractivity contribution in [2.24, 2.45) is 0 Å². The van der Waals surface area contributed by atoms with Gasteiger partial charge in [-0.1, -0.05) is 11.6 Å². The lowest BCUT2D eigenvalue weighted by atomic mass is 10.2. The maximum Gasteiger partial charge on any atom is 0.125 e. The van der Waals surface area contributed by atoms with Crippen molar-refractivity contribution in [3.8, 4) is 5.69 Å². The lowest BCUT2D eigenvalue weighted by Crippen LogP contribution is -2.02. The molecule has 108 valence electrons. The van der Waals surface area contributed by atoms with E-state index in [1.807, 2.05) is 16.7 Å². The molecule has 0 aliphatic heterocycles. The SMILES string of the molecule is Fc1ccc2c(c1)nc(CCCl)n2-c1ccc(Cl)c(Br)c1. The van der Waals surface area contributed by atoms with Crippen LogP contribution in [0.5, 0.6) is 0 Å². The molecule has 3 rings (SSSR count). The van der Waals surface area contributed by atoms with Crippen molar-refractivity contribution in [2.45, 2.75) is 6.42 Å². The largest absolute Gasteiger partial charge is 0.296 e. The summed E-state index contributed by atoms with van der Waals surface area (Å²) in [5.41, 5.74) is 2.35. The number of alkyl halides is 1. The Morgan fingerprint density at radius 3 is 2.71 bits per heavy atom. The Morgan fingerprint density at radius 1 is 1.19 bits per heavy atom. The zero-order valence-electron chi connectivity index (χ0n) is 10.8. The number of benzene rings is 2. The smallest absolute Gasteiger partial charge is 0.125 e. The van der Waals surface area contributed by atoms with Crippen LogP contribution in [0.4, 0.5) is 4.39 Å². The number of hydrogen-bond acceptors (Lipinski definition) is 1. The molecule has 1 aromatic heterocycles. The zero-order chi connectivity index (χ0) is 15.0. The van der Waals surface area contributed by atoms with Crippen LogP contribution in [0.2, 0.25) is 5.02 Å². The fourth-order valence-electron chi connectivity index (χ4n) is 2.27. The van der Waals surface area contributed by atoms with Crippen LogP contribution in [-0.2, 0) is 6.42 Å². The molecule has 0 aliphatic carbocycles. The van der Waals surface area contributed by atoms with Crippen molar-refractivity contribution in [1.82, 2.24) is 9.55 Å². The van der Waals surface area contributed by atoms with Gasteiger partial charge in [0.1, 0.15) is 11.6 Å². The van der Waals surface area contributed by atoms with Gasteiger partial charge in [0, 0.05) is 28.5 Å². The fraction of sp³-hybridized carbons (Fsp3) is 0.133. The van der Waals surface area contributed by atoms with Crippen molar-refractivity contribution >= 4 is 50.2 Å². The summed E-state index contributed by atoms with van der Waals surface area (Å²) in [6.45, 7) is 0. The maximum absolute atomic E-state index is 13.4. The first-order chi connectivity index (χ1) is 10.1. The third-order valence-electron chi connectivity index (χ3n) is 3.17. The van der Waals surface area contributed by atoms with Crippen molar-refractivity contribution in [1.29, 1.82) is 0 Å². The molecule has 1 heterocycles. The molecule has 0 saturated heterocycles. The summed E-state index contributed by atoms with van der Waals surface area (Å²) in [6.07, 6.45) is 0.595. The third kappa shape index (κ3) is 2.80. The highest BCUT2D eigenvalue weighted by Gasteiger charge is 2.13. The molecule has 0 N–H and O–H groups in total. The number of aryl methyl sites for hydroxylation is 1. The fourth-order valence-corrected chi connectivity index (χ4v) is 2.92. The molecule has 0 fully saturated rings. The monoisotopic (exact) mass is 386 g/mol. The number of rotatable bonds is 3. The maximum atomic E-state index is 13.4. The van der Waals surface area contributed by atoms with E-state index in [2.05, 4.69) is 20.9 Å². The van der Waals surface area contributed by atoms with Crippen LogP contribution in [-0.4, -0.2) is 15.4 Å². The molecule has 21 heavy (non-hydrogen) atoms. The average Bonchev–Trinajstić information content (AvgIpc) is 2.79. The number of imidazole rings is 1. The number of fused-ring (bicyclic) bond motifs is 1. The standard InChI is InChI=1S/C15H10BrCl2FN2/c16-11-8-10(2-3-12(11)18)21-14-4-1-9(19)7-13(14)20-15(21)5-6-17/h1-4,7-8H,5-6H2. The molecule has 6 heteroatoms. The van der Waals surface area contributed by atoms with Crippen molar-refractivity contribution in [2.75, 3.05) is 5.88 Å². The highest BCUT2D eigenvalue weighted by Crippen LogP contribution is 2.28. The summed E-state index contributed by atoms with van der Waals surface area (Å²) in [5, 5.41) is 0.633. The van der Waals surface area contributed by atoms with Crippen LogP contribution in [0.3, 0.4) is 0 Å². The van der Waals surface area contributed by atoms with Gasteiger partial charge in [-0.05, 0) is 46.3 Å². The highest BCUT2D eigenvalue weighted by atomic mass is 79.9. The summed E-state index contributed by atoms with van der Waals surface area (Å²) >= 11 is 15.3. The van der Waals surface area contributed by atoms with Gasteiger partial charge in [-0.25, -0.2) is 9.37 Å². The van der Waals surface area contributed by atoms with E-state index in [-0.39, 0.29) is 5.82 Å². The molecular weight excluding hydrogens is 378 g/mol. The summed E-state index contributed by atoms with van der Waals surface area (Å²) < 4.78 is 16.1. The van der Waals surface area contributed by atoms with Gasteiger partial charge in [-0.2, -0.15) is 0 Å². The van der Waals surface area contributed by atoms with Crippen LogP contribution in [0.1, 0.15) is 5.82 Å². The first-order valence-electron chi connectivity index (χ1n) is 6.28. The molecule has 0 spiro atoms. The minimum Gasteiger partial charge on any atom is -0.296 e. The molecule has 0 saturated carbocycles. The Balaban J connectivity index is 2.27. The highest BCUT2D eigenvalue weighted by molar-refractivity contribution is 9.10. The van der Waals surface area contributed by atoms with Crippen LogP contribution in [0.15, 0.2) is 40.9 Å². The second-order valence-electron chi connectivity index (χ2n) is 4.53. The van der Waals surface area contributed by atoms with Crippen molar-refractivity contribution in [3.63, 3.8) is 0 Å². The molecule has 3 aromatic rings. The minimum absolute atomic E-state index is 0.304. The molecule has 2 aromatic carbocycles. The second-order valence-corrected chi connectivity index (χ2v) is 6.17. The Hall–Kier alpha value is -1.10. The molecule has 0 atom stereocenters. The molecule has 2 nitrogen and oxygen atoms in total. The number of hydrogen-bond donors (Lipinski definition) is 0. The Bertz CT molecular complexity index is 817. The quantitative estimate of drug-likeness (QED) is 0.553. The topological polar surface area (TPSA) is 17.8 Å². The predicted molar refractivity (Wildman–Crippen MR) is 88.2 cm³/mol. The third-order valence-corrected chi connectivity index (χ3v) is 4.57. The molecule has 0 bridgehead atoms. The van der Waals surface area contributed by atoms with Gasteiger partial charge in [0.15, 0.2) is 0 Å². The number of aromatic nitrogens is 2. The Labute approximate surface area is 139 Å². The molecule has 0 radical (unpaired) electrons. The zero-order valence-corrected chi connectivity index (χ0v) is 13.9. The lowest BCUT2D eigenvalue weighted by molar-refractivity contribution is 0.629. The molecular formula is C15H10BrCl2FN2. The van der Waals surface area contributed by atoms with Gasteiger partial charge in [0.05, 0.1) is 16.1 Å². The lowest BCUT2D eigenvalue weighted by Gasteiger charge is -2.09. The van der Waals surface area contributed by atoms with E-state index in [1.54, 1.807) is 12.1 Å². The Morgan fingerprint density at radius 2 is 2.00 bits per heavy atom. The molecule has 0 amide bonds. The summed E-state index contributed by atoms with van der Waals surface area (Å²) in [4.78, 5) is 4.48. The van der Waals surface area contributed by atoms with E-state index in [4.69, 9.17) is 23.2 Å². The number of nitrogens with zero attached hydrogens (tertiary/aromatic N) is 2. The first kappa shape index (κ1) is 14.8. The normalized spacial score (nSPS) is 11.2. The van der Waals surface area contributed by atoms with Crippen LogP contribution in [0, 0.1) is 5.82 Å². The van der Waals surface area contributed by atoms with E-state index >= 15 is 0 Å². The average molecular weight is 388 g/mol. The summed E-state index contributed by atoms with van der Waals surface area (Å²) in [5.74, 6) is 0.933. The van der Waals surface area contributed by atoms with E-state index in [9.17, 15) is 4.39 Å².